The highest BCUT2D eigenvalue weighted by Crippen LogP contribution is 2.43. The molecule has 1 aromatic carbocycles. The molecule has 3 nitrogen and oxygen atoms in total. The number of rotatable bonds is 4. The Balaban J connectivity index is 2.40. The van der Waals surface area contributed by atoms with E-state index in [1.54, 1.807) is 13.8 Å². The van der Waals surface area contributed by atoms with Gasteiger partial charge in [0.2, 0.25) is 0 Å². The molecule has 0 amide bonds. The first-order valence-electron chi connectivity index (χ1n) is 6.58. The van der Waals surface area contributed by atoms with Crippen molar-refractivity contribution in [2.75, 3.05) is 6.61 Å². The minimum absolute atomic E-state index is 0.0562. The number of benzene rings is 1. The molecule has 1 aliphatic rings. The molecule has 0 fully saturated rings. The lowest BCUT2D eigenvalue weighted by Gasteiger charge is -2.24. The van der Waals surface area contributed by atoms with Gasteiger partial charge in [-0.2, -0.15) is 0 Å². The van der Waals surface area contributed by atoms with Crippen molar-refractivity contribution in [3.05, 3.63) is 35.1 Å². The fourth-order valence-corrected chi connectivity index (χ4v) is 2.35. The van der Waals surface area contributed by atoms with Crippen molar-refractivity contribution < 1.29 is 27.5 Å². The molecule has 21 heavy (non-hydrogen) atoms. The number of ketones is 1. The van der Waals surface area contributed by atoms with E-state index in [0.717, 1.165) is 6.07 Å². The number of Topliss-reactive ketones (excluding diaryl/α,β-unsaturated/α-hetero) is 1. The first kappa shape index (κ1) is 15.5. The van der Waals surface area contributed by atoms with Crippen LogP contribution in [0.5, 0.6) is 0 Å². The lowest BCUT2D eigenvalue weighted by atomic mass is 9.84. The zero-order valence-electron chi connectivity index (χ0n) is 11.7. The second-order valence-corrected chi connectivity index (χ2v) is 5.54. The highest BCUT2D eigenvalue weighted by atomic mass is 19.3. The topological polar surface area (TPSA) is 43.4 Å². The van der Waals surface area contributed by atoms with Crippen LogP contribution in [0.1, 0.15) is 29.8 Å². The monoisotopic (exact) mass is 300 g/mol. The summed E-state index contributed by atoms with van der Waals surface area (Å²) in [7, 11) is 0. The SMILES string of the molecule is CC(C)COC(=O)C1(C(F)F)Cc2c(F)cccc2C1=O. The quantitative estimate of drug-likeness (QED) is 0.634. The summed E-state index contributed by atoms with van der Waals surface area (Å²) in [5.74, 6) is -3.17. The summed E-state index contributed by atoms with van der Waals surface area (Å²) in [4.78, 5) is 24.3. The number of carbonyl (C=O) groups excluding carboxylic acids is 2. The van der Waals surface area contributed by atoms with Gasteiger partial charge >= 0.3 is 5.97 Å². The molecule has 0 bridgehead atoms. The Hall–Kier alpha value is -1.85. The van der Waals surface area contributed by atoms with Crippen LogP contribution in [-0.2, 0) is 16.0 Å². The van der Waals surface area contributed by atoms with Crippen molar-refractivity contribution in [3.8, 4) is 0 Å². The number of ether oxygens (including phenoxy) is 1. The average molecular weight is 300 g/mol. The molecular weight excluding hydrogens is 285 g/mol. The summed E-state index contributed by atoms with van der Waals surface area (Å²) in [6, 6.07) is 3.58. The third-order valence-electron chi connectivity index (χ3n) is 3.51. The van der Waals surface area contributed by atoms with Gasteiger partial charge in [-0.25, -0.2) is 13.2 Å². The lowest BCUT2D eigenvalue weighted by Crippen LogP contribution is -2.45. The number of fused-ring (bicyclic) bond motifs is 1. The Morgan fingerprint density at radius 3 is 2.57 bits per heavy atom. The van der Waals surface area contributed by atoms with Gasteiger partial charge in [0.05, 0.1) is 6.61 Å². The van der Waals surface area contributed by atoms with Crippen molar-refractivity contribution in [2.24, 2.45) is 11.3 Å². The van der Waals surface area contributed by atoms with Crippen LogP contribution in [-0.4, -0.2) is 24.8 Å². The summed E-state index contributed by atoms with van der Waals surface area (Å²) in [5, 5.41) is 0. The van der Waals surface area contributed by atoms with Gasteiger partial charge in [0.1, 0.15) is 5.82 Å². The molecular formula is C15H15F3O3. The first-order chi connectivity index (χ1) is 9.80. The summed E-state index contributed by atoms with van der Waals surface area (Å²) < 4.78 is 45.5. The second kappa shape index (κ2) is 5.50. The van der Waals surface area contributed by atoms with Crippen LogP contribution in [0.15, 0.2) is 18.2 Å². The Morgan fingerprint density at radius 1 is 1.38 bits per heavy atom. The second-order valence-electron chi connectivity index (χ2n) is 5.54. The van der Waals surface area contributed by atoms with Gasteiger partial charge < -0.3 is 4.74 Å². The number of esters is 1. The molecule has 0 heterocycles. The molecule has 1 aliphatic carbocycles. The lowest BCUT2D eigenvalue weighted by molar-refractivity contribution is -0.161. The zero-order chi connectivity index (χ0) is 15.8. The number of hydrogen-bond acceptors (Lipinski definition) is 3. The summed E-state index contributed by atoms with van der Waals surface area (Å²) in [5.41, 5.74) is -2.94. The Morgan fingerprint density at radius 2 is 2.05 bits per heavy atom. The summed E-state index contributed by atoms with van der Waals surface area (Å²) in [6.45, 7) is 3.42. The van der Waals surface area contributed by atoms with Gasteiger partial charge in [-0.3, -0.25) is 9.59 Å². The molecule has 0 aromatic heterocycles. The van der Waals surface area contributed by atoms with E-state index in [2.05, 4.69) is 0 Å². The van der Waals surface area contributed by atoms with E-state index in [1.807, 2.05) is 0 Å². The van der Waals surface area contributed by atoms with Crippen molar-refractivity contribution in [2.45, 2.75) is 26.7 Å². The van der Waals surface area contributed by atoms with Crippen molar-refractivity contribution in [3.63, 3.8) is 0 Å². The van der Waals surface area contributed by atoms with E-state index >= 15 is 0 Å². The molecule has 1 atom stereocenters. The fourth-order valence-electron chi connectivity index (χ4n) is 2.35. The van der Waals surface area contributed by atoms with Crippen molar-refractivity contribution in [1.82, 2.24) is 0 Å². The van der Waals surface area contributed by atoms with Gasteiger partial charge in [0, 0.05) is 17.5 Å². The van der Waals surface area contributed by atoms with Crippen LogP contribution in [0, 0.1) is 17.2 Å². The molecule has 1 aromatic rings. The van der Waals surface area contributed by atoms with Crippen LogP contribution >= 0.6 is 0 Å². The average Bonchev–Trinajstić information content (AvgIpc) is 2.72. The maximum absolute atomic E-state index is 13.7. The molecule has 2 rings (SSSR count). The highest BCUT2D eigenvalue weighted by molar-refractivity contribution is 6.16. The first-order valence-corrected chi connectivity index (χ1v) is 6.58. The maximum Gasteiger partial charge on any atom is 0.326 e. The predicted octanol–water partition coefficient (Wildman–Crippen LogP) is 3.02. The summed E-state index contributed by atoms with van der Waals surface area (Å²) >= 11 is 0. The Bertz CT molecular complexity index is 584. The molecule has 0 saturated heterocycles. The van der Waals surface area contributed by atoms with Crippen molar-refractivity contribution >= 4 is 11.8 Å². The Kier molecular flexibility index (Phi) is 4.07. The van der Waals surface area contributed by atoms with Gasteiger partial charge in [-0.1, -0.05) is 26.0 Å². The third kappa shape index (κ3) is 2.43. The fraction of sp³-hybridized carbons (Fsp3) is 0.467. The predicted molar refractivity (Wildman–Crippen MR) is 68.7 cm³/mol. The molecule has 0 radical (unpaired) electrons. The third-order valence-corrected chi connectivity index (χ3v) is 3.51. The van der Waals surface area contributed by atoms with E-state index in [0.29, 0.717) is 0 Å². The minimum atomic E-state index is -3.25. The highest BCUT2D eigenvalue weighted by Gasteiger charge is 2.60. The van der Waals surface area contributed by atoms with E-state index < -0.39 is 35.8 Å². The molecule has 0 saturated carbocycles. The van der Waals surface area contributed by atoms with Gasteiger partial charge in [-0.15, -0.1) is 0 Å². The molecule has 0 spiro atoms. The molecule has 6 heteroatoms. The van der Waals surface area contributed by atoms with E-state index in [-0.39, 0.29) is 23.7 Å². The van der Waals surface area contributed by atoms with Crippen LogP contribution in [0.3, 0.4) is 0 Å². The maximum atomic E-state index is 13.7. The molecule has 0 N–H and O–H groups in total. The van der Waals surface area contributed by atoms with Gasteiger partial charge in [-0.05, 0) is 12.0 Å². The van der Waals surface area contributed by atoms with Gasteiger partial charge in [0.15, 0.2) is 11.2 Å². The summed E-state index contributed by atoms with van der Waals surface area (Å²) in [6.07, 6.45) is -3.92. The smallest absolute Gasteiger partial charge is 0.326 e. The van der Waals surface area contributed by atoms with E-state index in [9.17, 15) is 22.8 Å². The Labute approximate surface area is 120 Å². The largest absolute Gasteiger partial charge is 0.464 e. The van der Waals surface area contributed by atoms with E-state index in [4.69, 9.17) is 4.74 Å². The number of alkyl halides is 2. The van der Waals surface area contributed by atoms with Crippen LogP contribution in [0.4, 0.5) is 13.2 Å². The number of halogens is 3. The standard InChI is InChI=1S/C15H15F3O3/c1-8(2)7-21-14(20)15(13(17)18)6-10-9(12(15)19)4-3-5-11(10)16/h3-5,8,13H,6-7H2,1-2H3. The zero-order valence-corrected chi connectivity index (χ0v) is 11.7. The minimum Gasteiger partial charge on any atom is -0.464 e. The van der Waals surface area contributed by atoms with Gasteiger partial charge in [0.25, 0.3) is 6.43 Å². The molecule has 0 aliphatic heterocycles. The molecule has 1 unspecified atom stereocenters. The van der Waals surface area contributed by atoms with Crippen LogP contribution < -0.4 is 0 Å². The normalized spacial score (nSPS) is 21.0. The van der Waals surface area contributed by atoms with E-state index in [1.165, 1.54) is 12.1 Å². The number of carbonyl (C=O) groups is 2. The van der Waals surface area contributed by atoms with Crippen molar-refractivity contribution in [1.29, 1.82) is 0 Å². The number of hydrogen-bond donors (Lipinski definition) is 0. The molecule has 114 valence electrons. The van der Waals surface area contributed by atoms with Crippen LogP contribution in [0.25, 0.3) is 0 Å². The van der Waals surface area contributed by atoms with Crippen LogP contribution in [0.2, 0.25) is 0 Å².